The molecule has 0 fully saturated rings. The number of esters is 2. The predicted octanol–water partition coefficient (Wildman–Crippen LogP) is 2.65. The predicted molar refractivity (Wildman–Crippen MR) is 139 cm³/mol. The van der Waals surface area contributed by atoms with Crippen LogP contribution < -0.4 is 19.8 Å². The number of carbonyl (C=O) groups is 2. The van der Waals surface area contributed by atoms with E-state index in [4.69, 9.17) is 9.47 Å². The zero-order valence-corrected chi connectivity index (χ0v) is 21.6. The Labute approximate surface area is 212 Å². The number of hydrogen-bond acceptors (Lipinski definition) is 8. The third-order valence-corrected chi connectivity index (χ3v) is 6.85. The van der Waals surface area contributed by atoms with E-state index in [1.165, 1.54) is 18.4 Å². The van der Waals surface area contributed by atoms with Gasteiger partial charge in [0.2, 0.25) is 0 Å². The number of allylic oxidation sites excluding steroid dienone is 1. The van der Waals surface area contributed by atoms with Gasteiger partial charge in [0.05, 0.1) is 41.1 Å². The molecule has 0 unspecified atom stereocenters. The van der Waals surface area contributed by atoms with Crippen molar-refractivity contribution in [3.05, 3.63) is 96.2 Å². The Morgan fingerprint density at radius 3 is 2.33 bits per heavy atom. The first kappa shape index (κ1) is 25.1. The number of thiazole rings is 1. The summed E-state index contributed by atoms with van der Waals surface area (Å²) in [5.74, 6) is -0.920. The van der Waals surface area contributed by atoms with Gasteiger partial charge in [0.1, 0.15) is 0 Å². The summed E-state index contributed by atoms with van der Waals surface area (Å²) in [4.78, 5) is 45.4. The molecule has 0 spiro atoms. The van der Waals surface area contributed by atoms with E-state index in [-0.39, 0.29) is 12.2 Å². The molecule has 0 aliphatic carbocycles. The molecule has 0 amide bonds. The summed E-state index contributed by atoms with van der Waals surface area (Å²) in [5, 5.41) is 0. The smallest absolute Gasteiger partial charge is 0.338 e. The van der Waals surface area contributed by atoms with Crippen molar-refractivity contribution in [1.29, 1.82) is 0 Å². The number of nitrogens with zero attached hydrogens (tertiary/aromatic N) is 3. The highest BCUT2D eigenvalue weighted by Gasteiger charge is 2.33. The number of anilines is 1. The average molecular weight is 506 g/mol. The quantitative estimate of drug-likeness (QED) is 0.479. The van der Waals surface area contributed by atoms with Crippen LogP contribution in [0.2, 0.25) is 0 Å². The highest BCUT2D eigenvalue weighted by atomic mass is 32.1. The summed E-state index contributed by atoms with van der Waals surface area (Å²) >= 11 is 1.25. The molecule has 8 nitrogen and oxygen atoms in total. The molecule has 4 rings (SSSR count). The lowest BCUT2D eigenvalue weighted by Gasteiger charge is -2.25. The first-order valence-corrected chi connectivity index (χ1v) is 12.2. The van der Waals surface area contributed by atoms with Gasteiger partial charge in [0.15, 0.2) is 4.80 Å². The Morgan fingerprint density at radius 2 is 1.75 bits per heavy atom. The van der Waals surface area contributed by atoms with Gasteiger partial charge >= 0.3 is 11.9 Å². The summed E-state index contributed by atoms with van der Waals surface area (Å²) in [6.45, 7) is 3.72. The van der Waals surface area contributed by atoms with Gasteiger partial charge < -0.3 is 14.4 Å². The Hall–Kier alpha value is -3.98. The highest BCUT2D eigenvalue weighted by molar-refractivity contribution is 7.07. The second-order valence-electron chi connectivity index (χ2n) is 8.40. The molecule has 1 atom stereocenters. The van der Waals surface area contributed by atoms with Crippen molar-refractivity contribution >= 4 is 35.0 Å². The van der Waals surface area contributed by atoms with E-state index >= 15 is 0 Å². The van der Waals surface area contributed by atoms with Gasteiger partial charge in [-0.1, -0.05) is 35.6 Å². The molecule has 0 saturated heterocycles. The maximum atomic E-state index is 13.7. The van der Waals surface area contributed by atoms with Crippen molar-refractivity contribution < 1.29 is 19.1 Å². The minimum Gasteiger partial charge on any atom is -0.465 e. The van der Waals surface area contributed by atoms with Crippen LogP contribution in [0.1, 0.15) is 41.4 Å². The summed E-state index contributed by atoms with van der Waals surface area (Å²) in [6.07, 6.45) is 1.75. The Bertz CT molecular complexity index is 1510. The van der Waals surface area contributed by atoms with E-state index in [9.17, 15) is 14.4 Å². The van der Waals surface area contributed by atoms with E-state index in [0.29, 0.717) is 26.2 Å². The second-order valence-corrected chi connectivity index (χ2v) is 9.41. The number of rotatable bonds is 6. The molecule has 2 heterocycles. The Morgan fingerprint density at radius 1 is 1.08 bits per heavy atom. The van der Waals surface area contributed by atoms with Crippen LogP contribution in [0.4, 0.5) is 5.69 Å². The number of aromatic nitrogens is 1. The van der Waals surface area contributed by atoms with Crippen LogP contribution in [0.25, 0.3) is 6.08 Å². The van der Waals surface area contributed by atoms with Crippen LogP contribution in [0.5, 0.6) is 0 Å². The lowest BCUT2D eigenvalue weighted by atomic mass is 9.95. The SMILES string of the molecule is CCOC(=O)C1=C(C)N=c2s/c(=C\c3ccc(C(=O)OC)cc3)c(=O)n2[C@@H]1c1ccc(N(C)C)cc1. The summed E-state index contributed by atoms with van der Waals surface area (Å²) < 4.78 is 12.1. The third kappa shape index (κ3) is 4.74. The fourth-order valence-corrected chi connectivity index (χ4v) is 5.09. The third-order valence-electron chi connectivity index (χ3n) is 5.87. The number of fused-ring (bicyclic) bond motifs is 1. The van der Waals surface area contributed by atoms with Crippen molar-refractivity contribution in [2.75, 3.05) is 32.7 Å². The van der Waals surface area contributed by atoms with E-state index in [1.807, 2.05) is 43.3 Å². The zero-order valence-electron chi connectivity index (χ0n) is 20.8. The topological polar surface area (TPSA) is 90.2 Å². The van der Waals surface area contributed by atoms with Gasteiger partial charge in [-0.05, 0) is 55.3 Å². The number of ether oxygens (including phenoxy) is 2. The van der Waals surface area contributed by atoms with Gasteiger partial charge in [-0.25, -0.2) is 14.6 Å². The largest absolute Gasteiger partial charge is 0.465 e. The Balaban J connectivity index is 1.87. The van der Waals surface area contributed by atoms with Crippen LogP contribution in [0.3, 0.4) is 0 Å². The molecule has 1 aliphatic heterocycles. The number of hydrogen-bond donors (Lipinski definition) is 0. The molecule has 0 saturated carbocycles. The lowest BCUT2D eigenvalue weighted by Crippen LogP contribution is -2.39. The van der Waals surface area contributed by atoms with Crippen molar-refractivity contribution in [3.8, 4) is 0 Å². The van der Waals surface area contributed by atoms with E-state index in [1.54, 1.807) is 48.8 Å². The van der Waals surface area contributed by atoms with Gasteiger partial charge in [-0.15, -0.1) is 0 Å². The summed E-state index contributed by atoms with van der Waals surface area (Å²) in [5.41, 5.74) is 3.56. The number of methoxy groups -OCH3 is 1. The van der Waals surface area contributed by atoms with Crippen LogP contribution in [0.15, 0.2) is 69.6 Å². The minimum atomic E-state index is -0.666. The monoisotopic (exact) mass is 505 g/mol. The van der Waals surface area contributed by atoms with Crippen molar-refractivity contribution in [2.24, 2.45) is 4.99 Å². The molecule has 36 heavy (non-hydrogen) atoms. The fraction of sp³-hybridized carbons (Fsp3) is 0.259. The van der Waals surface area contributed by atoms with E-state index in [2.05, 4.69) is 4.99 Å². The molecular weight excluding hydrogens is 478 g/mol. The van der Waals surface area contributed by atoms with E-state index in [0.717, 1.165) is 16.8 Å². The maximum absolute atomic E-state index is 13.7. The van der Waals surface area contributed by atoms with Crippen LogP contribution in [-0.4, -0.2) is 44.3 Å². The molecule has 3 aromatic rings. The molecule has 186 valence electrons. The van der Waals surface area contributed by atoms with Crippen molar-refractivity contribution in [3.63, 3.8) is 0 Å². The standard InChI is InChI=1S/C27H27N3O5S/c1-6-35-26(33)22-16(2)28-27-30(23(22)18-11-13-20(14-12-18)29(3)4)24(31)21(36-27)15-17-7-9-19(10-8-17)25(32)34-5/h7-15,23H,6H2,1-5H3/b21-15-/t23-/m1/s1. The highest BCUT2D eigenvalue weighted by Crippen LogP contribution is 2.31. The molecule has 0 radical (unpaired) electrons. The van der Waals surface area contributed by atoms with Gasteiger partial charge in [0, 0.05) is 19.8 Å². The average Bonchev–Trinajstić information content (AvgIpc) is 3.17. The molecular formula is C27H27N3O5S. The first-order chi connectivity index (χ1) is 17.2. The number of benzene rings is 2. The molecule has 0 N–H and O–H groups in total. The molecule has 0 bridgehead atoms. The van der Waals surface area contributed by atoms with Gasteiger partial charge in [0.25, 0.3) is 5.56 Å². The fourth-order valence-electron chi connectivity index (χ4n) is 4.05. The maximum Gasteiger partial charge on any atom is 0.338 e. The van der Waals surface area contributed by atoms with Crippen LogP contribution >= 0.6 is 11.3 Å². The molecule has 2 aromatic carbocycles. The summed E-state index contributed by atoms with van der Waals surface area (Å²) in [7, 11) is 5.22. The van der Waals surface area contributed by atoms with Gasteiger partial charge in [-0.3, -0.25) is 9.36 Å². The van der Waals surface area contributed by atoms with E-state index < -0.39 is 18.0 Å². The molecule has 9 heteroatoms. The van der Waals surface area contributed by atoms with Crippen LogP contribution in [0, 0.1) is 0 Å². The first-order valence-electron chi connectivity index (χ1n) is 11.4. The van der Waals surface area contributed by atoms with Crippen LogP contribution in [-0.2, 0) is 14.3 Å². The zero-order chi connectivity index (χ0) is 26.0. The molecule has 1 aliphatic rings. The summed E-state index contributed by atoms with van der Waals surface area (Å²) in [6, 6.07) is 13.9. The van der Waals surface area contributed by atoms with Crippen molar-refractivity contribution in [1.82, 2.24) is 4.57 Å². The lowest BCUT2D eigenvalue weighted by molar-refractivity contribution is -0.139. The second kappa shape index (κ2) is 10.3. The number of carbonyl (C=O) groups excluding carboxylic acids is 2. The molecule has 1 aromatic heterocycles. The normalized spacial score (nSPS) is 15.2. The minimum absolute atomic E-state index is 0.216. The van der Waals surface area contributed by atoms with Gasteiger partial charge in [-0.2, -0.15) is 0 Å². The van der Waals surface area contributed by atoms with Crippen molar-refractivity contribution in [2.45, 2.75) is 19.9 Å². The Kier molecular flexibility index (Phi) is 7.21.